The highest BCUT2D eigenvalue weighted by molar-refractivity contribution is 6.31. The molecule has 0 unspecified atom stereocenters. The summed E-state index contributed by atoms with van der Waals surface area (Å²) in [6.45, 7) is 0. The number of hydrogen-bond donors (Lipinski definition) is 3. The maximum absolute atomic E-state index is 12.9. The first kappa shape index (κ1) is 17.2. The summed E-state index contributed by atoms with van der Waals surface area (Å²) in [6, 6.07) is 13.1. The van der Waals surface area contributed by atoms with Crippen LogP contribution in [0.5, 0.6) is 11.5 Å². The molecule has 0 radical (unpaired) electrons. The van der Waals surface area contributed by atoms with Crippen LogP contribution in [0.25, 0.3) is 0 Å². The van der Waals surface area contributed by atoms with E-state index >= 15 is 0 Å². The Hall–Kier alpha value is -4.20. The second-order valence-electron chi connectivity index (χ2n) is 6.18. The number of nitrogens with one attached hydrogen (secondary N) is 1. The summed E-state index contributed by atoms with van der Waals surface area (Å²) in [5.74, 6) is -2.47. The second-order valence-corrected chi connectivity index (χ2v) is 6.18. The number of benzene rings is 3. The molecular formula is C20H12N2O6. The normalized spacial score (nSPS) is 12.3. The number of nitrogens with zero attached hydrogens (tertiary/aromatic N) is 1. The van der Waals surface area contributed by atoms with Gasteiger partial charge in [0.05, 0.1) is 21.7 Å². The minimum absolute atomic E-state index is 0.0254. The molecule has 8 nitrogen and oxygen atoms in total. The van der Waals surface area contributed by atoms with Crippen LogP contribution < -0.4 is 5.32 Å². The van der Waals surface area contributed by atoms with Crippen molar-refractivity contribution >= 4 is 28.6 Å². The second kappa shape index (κ2) is 6.20. The average Bonchev–Trinajstić information content (AvgIpc) is 2.69. The van der Waals surface area contributed by atoms with Crippen LogP contribution in [-0.2, 0) is 0 Å². The molecule has 3 aromatic rings. The predicted octanol–water partition coefficient (Wildman–Crippen LogP) is 3.53. The fraction of sp³-hybridized carbons (Fsp3) is 0. The molecule has 1 aliphatic carbocycles. The van der Waals surface area contributed by atoms with Crippen molar-refractivity contribution in [2.24, 2.45) is 0 Å². The fourth-order valence-electron chi connectivity index (χ4n) is 3.18. The average molecular weight is 376 g/mol. The van der Waals surface area contributed by atoms with Gasteiger partial charge in [0, 0.05) is 35.0 Å². The third-order valence-electron chi connectivity index (χ3n) is 4.49. The quantitative estimate of drug-likeness (QED) is 0.216. The number of nitro benzene ring substituents is 1. The van der Waals surface area contributed by atoms with E-state index in [4.69, 9.17) is 0 Å². The van der Waals surface area contributed by atoms with Gasteiger partial charge in [0.15, 0.2) is 17.3 Å². The Labute approximate surface area is 157 Å². The van der Waals surface area contributed by atoms with Crippen molar-refractivity contribution in [1.29, 1.82) is 0 Å². The first-order chi connectivity index (χ1) is 13.4. The zero-order valence-electron chi connectivity index (χ0n) is 14.2. The van der Waals surface area contributed by atoms with Crippen molar-refractivity contribution < 1.29 is 24.7 Å². The first-order valence-electron chi connectivity index (χ1n) is 8.17. The molecule has 1 aliphatic rings. The van der Waals surface area contributed by atoms with E-state index in [9.17, 15) is 29.9 Å². The Morgan fingerprint density at radius 1 is 0.857 bits per heavy atom. The molecule has 3 aromatic carbocycles. The monoisotopic (exact) mass is 376 g/mol. The topological polar surface area (TPSA) is 130 Å². The molecular weight excluding hydrogens is 364 g/mol. The predicted molar refractivity (Wildman–Crippen MR) is 99.5 cm³/mol. The summed E-state index contributed by atoms with van der Waals surface area (Å²) >= 11 is 0. The molecule has 3 N–H and O–H groups in total. The molecule has 0 bridgehead atoms. The Morgan fingerprint density at radius 3 is 2.21 bits per heavy atom. The largest absolute Gasteiger partial charge is 0.507 e. The molecule has 0 atom stereocenters. The van der Waals surface area contributed by atoms with E-state index in [-0.39, 0.29) is 28.1 Å². The maximum Gasteiger partial charge on any atom is 0.270 e. The molecule has 0 saturated carbocycles. The SMILES string of the molecule is O=C1c2ccc([N+](=O)[O-])cc2C(=O)c2c(O)c(Nc3ccccc3)cc(O)c21. The minimum Gasteiger partial charge on any atom is -0.507 e. The smallest absolute Gasteiger partial charge is 0.270 e. The number of rotatable bonds is 3. The van der Waals surface area contributed by atoms with Gasteiger partial charge in [-0.2, -0.15) is 0 Å². The third kappa shape index (κ3) is 2.55. The molecule has 28 heavy (non-hydrogen) atoms. The fourth-order valence-corrected chi connectivity index (χ4v) is 3.18. The van der Waals surface area contributed by atoms with Gasteiger partial charge in [-0.05, 0) is 18.2 Å². The third-order valence-corrected chi connectivity index (χ3v) is 4.49. The van der Waals surface area contributed by atoms with E-state index < -0.39 is 33.6 Å². The van der Waals surface area contributed by atoms with Crippen LogP contribution in [0.1, 0.15) is 31.8 Å². The number of phenolic OH excluding ortho intramolecular Hbond substituents is 2. The number of phenols is 2. The number of carbonyl (C=O) groups excluding carboxylic acids is 2. The van der Waals surface area contributed by atoms with Crippen molar-refractivity contribution in [2.75, 3.05) is 5.32 Å². The Kier molecular flexibility index (Phi) is 3.82. The summed E-state index contributed by atoms with van der Waals surface area (Å²) in [5, 5.41) is 34.9. The number of nitro groups is 1. The molecule has 0 spiro atoms. The highest BCUT2D eigenvalue weighted by atomic mass is 16.6. The summed E-state index contributed by atoms with van der Waals surface area (Å²) in [7, 11) is 0. The highest BCUT2D eigenvalue weighted by Crippen LogP contribution is 2.43. The summed E-state index contributed by atoms with van der Waals surface area (Å²) in [4.78, 5) is 36.0. The van der Waals surface area contributed by atoms with E-state index in [1.165, 1.54) is 6.07 Å². The highest BCUT2D eigenvalue weighted by Gasteiger charge is 2.36. The van der Waals surface area contributed by atoms with Crippen molar-refractivity contribution in [3.63, 3.8) is 0 Å². The van der Waals surface area contributed by atoms with Crippen molar-refractivity contribution in [1.82, 2.24) is 0 Å². The molecule has 138 valence electrons. The molecule has 0 fully saturated rings. The lowest BCUT2D eigenvalue weighted by Crippen LogP contribution is -2.21. The number of ketones is 2. The Bertz CT molecular complexity index is 1170. The molecule has 0 aromatic heterocycles. The van der Waals surface area contributed by atoms with Crippen LogP contribution in [0.3, 0.4) is 0 Å². The zero-order chi connectivity index (χ0) is 20.0. The zero-order valence-corrected chi connectivity index (χ0v) is 14.2. The van der Waals surface area contributed by atoms with Crippen LogP contribution in [0, 0.1) is 10.1 Å². The number of anilines is 2. The van der Waals surface area contributed by atoms with Gasteiger partial charge in [0.1, 0.15) is 5.75 Å². The van der Waals surface area contributed by atoms with Crippen molar-refractivity contribution in [2.45, 2.75) is 0 Å². The van der Waals surface area contributed by atoms with Gasteiger partial charge in [-0.3, -0.25) is 19.7 Å². The van der Waals surface area contributed by atoms with Gasteiger partial charge in [-0.1, -0.05) is 18.2 Å². The molecule has 0 heterocycles. The van der Waals surface area contributed by atoms with E-state index in [1.807, 2.05) is 0 Å². The van der Waals surface area contributed by atoms with Gasteiger partial charge < -0.3 is 15.5 Å². The minimum atomic E-state index is -0.780. The first-order valence-corrected chi connectivity index (χ1v) is 8.17. The van der Waals surface area contributed by atoms with Crippen molar-refractivity contribution in [3.8, 4) is 11.5 Å². The Morgan fingerprint density at radius 2 is 1.54 bits per heavy atom. The van der Waals surface area contributed by atoms with Crippen LogP contribution in [0.4, 0.5) is 17.1 Å². The summed E-state index contributed by atoms with van der Waals surface area (Å²) in [5.41, 5.74) is -0.732. The number of aromatic hydroxyl groups is 2. The number of para-hydroxylation sites is 1. The van der Waals surface area contributed by atoms with Crippen LogP contribution in [0.15, 0.2) is 54.6 Å². The molecule has 8 heteroatoms. The van der Waals surface area contributed by atoms with Crippen LogP contribution >= 0.6 is 0 Å². The summed E-state index contributed by atoms with van der Waals surface area (Å²) in [6.07, 6.45) is 0. The van der Waals surface area contributed by atoms with Gasteiger partial charge in [0.25, 0.3) is 5.69 Å². The van der Waals surface area contributed by atoms with Crippen LogP contribution in [0.2, 0.25) is 0 Å². The summed E-state index contributed by atoms with van der Waals surface area (Å²) < 4.78 is 0. The van der Waals surface area contributed by atoms with E-state index in [1.54, 1.807) is 30.3 Å². The van der Waals surface area contributed by atoms with Gasteiger partial charge in [-0.25, -0.2) is 0 Å². The lowest BCUT2D eigenvalue weighted by molar-refractivity contribution is -0.384. The van der Waals surface area contributed by atoms with Gasteiger partial charge in [-0.15, -0.1) is 0 Å². The molecule has 0 saturated heterocycles. The lowest BCUT2D eigenvalue weighted by Gasteiger charge is -2.21. The van der Waals surface area contributed by atoms with Crippen molar-refractivity contribution in [3.05, 3.63) is 87.0 Å². The molecule has 4 rings (SSSR count). The lowest BCUT2D eigenvalue weighted by atomic mass is 9.82. The number of non-ortho nitro benzene ring substituents is 1. The van der Waals surface area contributed by atoms with Gasteiger partial charge >= 0.3 is 0 Å². The standard InChI is InChI=1S/C20H12N2O6/c23-15-9-14(21-10-4-2-1-3-5-10)20(26)17-16(15)18(24)12-7-6-11(22(27)28)8-13(12)19(17)25/h1-9,21,23,26H. The van der Waals surface area contributed by atoms with E-state index in [0.717, 1.165) is 18.2 Å². The number of hydrogen-bond acceptors (Lipinski definition) is 7. The Balaban J connectivity index is 1.89. The van der Waals surface area contributed by atoms with E-state index in [0.29, 0.717) is 5.69 Å². The number of fused-ring (bicyclic) bond motifs is 2. The molecule has 0 amide bonds. The molecule has 0 aliphatic heterocycles. The number of carbonyl (C=O) groups is 2. The maximum atomic E-state index is 12.9. The van der Waals surface area contributed by atoms with Crippen LogP contribution in [-0.4, -0.2) is 26.7 Å². The van der Waals surface area contributed by atoms with Gasteiger partial charge in [0.2, 0.25) is 0 Å². The van der Waals surface area contributed by atoms with E-state index in [2.05, 4.69) is 5.32 Å².